The van der Waals surface area contributed by atoms with Crippen molar-refractivity contribution in [1.82, 2.24) is 9.80 Å². The summed E-state index contributed by atoms with van der Waals surface area (Å²) >= 11 is 0. The molecule has 0 aliphatic carbocycles. The second-order valence-electron chi connectivity index (χ2n) is 7.17. The lowest BCUT2D eigenvalue weighted by molar-refractivity contribution is 0.155. The van der Waals surface area contributed by atoms with Crippen LogP contribution in [0.5, 0.6) is 5.75 Å². The van der Waals surface area contributed by atoms with Gasteiger partial charge in [0, 0.05) is 51.5 Å². The average Bonchev–Trinajstić information content (AvgIpc) is 2.63. The summed E-state index contributed by atoms with van der Waals surface area (Å²) < 4.78 is 5.49. The van der Waals surface area contributed by atoms with E-state index in [2.05, 4.69) is 45.3 Å². The number of nitrogens with one attached hydrogen (secondary N) is 1. The Balaban J connectivity index is 1.51. The number of hydrogen-bond donors (Lipinski definition) is 1. The van der Waals surface area contributed by atoms with E-state index in [1.165, 1.54) is 51.3 Å². The standard InChI is InChI=1S/C19H32N4O/c1-20-18-5-4-17(14-19(18)24-3)23-12-10-22(11-13-23)15-16-6-8-21(2)9-7-16/h4-5,14,16,20H,6-13,15H2,1-3H3. The Morgan fingerprint density at radius 3 is 2.42 bits per heavy atom. The minimum atomic E-state index is 0.891. The number of ether oxygens (including phenoxy) is 1. The fourth-order valence-corrected chi connectivity index (χ4v) is 3.88. The Bertz CT molecular complexity index is 520. The molecule has 24 heavy (non-hydrogen) atoms. The van der Waals surface area contributed by atoms with Gasteiger partial charge in [-0.3, -0.25) is 4.90 Å². The third kappa shape index (κ3) is 4.14. The Labute approximate surface area is 146 Å². The molecule has 1 N–H and O–H groups in total. The smallest absolute Gasteiger partial charge is 0.144 e. The Morgan fingerprint density at radius 1 is 1.08 bits per heavy atom. The Kier molecular flexibility index (Phi) is 5.85. The molecule has 5 nitrogen and oxygen atoms in total. The van der Waals surface area contributed by atoms with Gasteiger partial charge >= 0.3 is 0 Å². The van der Waals surface area contributed by atoms with E-state index < -0.39 is 0 Å². The van der Waals surface area contributed by atoms with Gasteiger partial charge in [0.05, 0.1) is 12.8 Å². The summed E-state index contributed by atoms with van der Waals surface area (Å²) in [5, 5.41) is 3.18. The third-order valence-corrected chi connectivity index (χ3v) is 5.55. The van der Waals surface area contributed by atoms with Crippen molar-refractivity contribution in [3.63, 3.8) is 0 Å². The molecule has 0 spiro atoms. The molecule has 0 bridgehead atoms. The topological polar surface area (TPSA) is 31.0 Å². The van der Waals surface area contributed by atoms with Crippen LogP contribution in [-0.4, -0.2) is 76.8 Å². The average molecular weight is 332 g/mol. The van der Waals surface area contributed by atoms with Crippen molar-refractivity contribution in [2.24, 2.45) is 5.92 Å². The quantitative estimate of drug-likeness (QED) is 0.893. The highest BCUT2D eigenvalue weighted by Gasteiger charge is 2.23. The highest BCUT2D eigenvalue weighted by molar-refractivity contribution is 5.64. The van der Waals surface area contributed by atoms with Crippen LogP contribution in [0.3, 0.4) is 0 Å². The van der Waals surface area contributed by atoms with E-state index in [1.807, 2.05) is 7.05 Å². The lowest BCUT2D eigenvalue weighted by Gasteiger charge is -2.39. The van der Waals surface area contributed by atoms with Crippen molar-refractivity contribution in [1.29, 1.82) is 0 Å². The predicted molar refractivity (Wildman–Crippen MR) is 101 cm³/mol. The predicted octanol–water partition coefficient (Wildman–Crippen LogP) is 2.20. The fraction of sp³-hybridized carbons (Fsp3) is 0.684. The van der Waals surface area contributed by atoms with Crippen molar-refractivity contribution in [3.8, 4) is 5.75 Å². The zero-order valence-electron chi connectivity index (χ0n) is 15.4. The van der Waals surface area contributed by atoms with Crippen LogP contribution in [0.15, 0.2) is 18.2 Å². The summed E-state index contributed by atoms with van der Waals surface area (Å²) in [6, 6.07) is 6.46. The zero-order chi connectivity index (χ0) is 16.9. The van der Waals surface area contributed by atoms with Crippen molar-refractivity contribution >= 4 is 11.4 Å². The molecule has 5 heteroatoms. The molecule has 1 aromatic carbocycles. The number of nitrogens with zero attached hydrogens (tertiary/aromatic N) is 3. The summed E-state index contributed by atoms with van der Waals surface area (Å²) in [4.78, 5) is 7.59. The van der Waals surface area contributed by atoms with E-state index in [9.17, 15) is 0 Å². The van der Waals surface area contributed by atoms with E-state index in [1.54, 1.807) is 7.11 Å². The maximum absolute atomic E-state index is 5.49. The molecule has 0 saturated carbocycles. The Morgan fingerprint density at radius 2 is 1.79 bits per heavy atom. The SMILES string of the molecule is CNc1ccc(N2CCN(CC3CCN(C)CC3)CC2)cc1OC. The minimum absolute atomic E-state index is 0.891. The molecular formula is C19H32N4O. The summed E-state index contributed by atoms with van der Waals surface area (Å²) in [5.74, 6) is 1.81. The van der Waals surface area contributed by atoms with Gasteiger partial charge in [-0.25, -0.2) is 0 Å². The van der Waals surface area contributed by atoms with Crippen molar-refractivity contribution in [2.45, 2.75) is 12.8 Å². The van der Waals surface area contributed by atoms with Gasteiger partial charge in [-0.05, 0) is 51.0 Å². The maximum Gasteiger partial charge on any atom is 0.144 e. The molecule has 3 rings (SSSR count). The lowest BCUT2D eigenvalue weighted by atomic mass is 9.96. The monoisotopic (exact) mass is 332 g/mol. The van der Waals surface area contributed by atoms with Crippen LogP contribution in [-0.2, 0) is 0 Å². The first kappa shape index (κ1) is 17.4. The summed E-state index contributed by atoms with van der Waals surface area (Å²) in [5.41, 5.74) is 2.31. The van der Waals surface area contributed by atoms with Crippen molar-refractivity contribution in [3.05, 3.63) is 18.2 Å². The van der Waals surface area contributed by atoms with Crippen LogP contribution in [0.2, 0.25) is 0 Å². The van der Waals surface area contributed by atoms with Gasteiger partial charge in [-0.1, -0.05) is 0 Å². The van der Waals surface area contributed by atoms with Gasteiger partial charge in [-0.2, -0.15) is 0 Å². The molecule has 0 aromatic heterocycles. The molecule has 0 atom stereocenters. The molecule has 2 saturated heterocycles. The summed E-state index contributed by atoms with van der Waals surface area (Å²) in [6.45, 7) is 8.36. The van der Waals surface area contributed by atoms with Crippen molar-refractivity contribution < 1.29 is 4.74 Å². The maximum atomic E-state index is 5.49. The van der Waals surface area contributed by atoms with Crippen LogP contribution in [0.1, 0.15) is 12.8 Å². The highest BCUT2D eigenvalue weighted by Crippen LogP contribution is 2.30. The van der Waals surface area contributed by atoms with Crippen LogP contribution in [0, 0.1) is 5.92 Å². The second-order valence-corrected chi connectivity index (χ2v) is 7.17. The molecule has 0 radical (unpaired) electrons. The van der Waals surface area contributed by atoms with E-state index in [0.29, 0.717) is 0 Å². The van der Waals surface area contributed by atoms with Gasteiger partial charge in [0.25, 0.3) is 0 Å². The fourth-order valence-electron chi connectivity index (χ4n) is 3.88. The molecule has 1 aromatic rings. The van der Waals surface area contributed by atoms with Crippen LogP contribution in [0.25, 0.3) is 0 Å². The van der Waals surface area contributed by atoms with Crippen LogP contribution >= 0.6 is 0 Å². The molecule has 134 valence electrons. The van der Waals surface area contributed by atoms with Gasteiger partial charge in [0.15, 0.2) is 0 Å². The first-order chi connectivity index (χ1) is 11.7. The van der Waals surface area contributed by atoms with Gasteiger partial charge in [-0.15, -0.1) is 0 Å². The van der Waals surface area contributed by atoms with Crippen LogP contribution < -0.4 is 15.0 Å². The number of methoxy groups -OCH3 is 1. The van der Waals surface area contributed by atoms with Crippen molar-refractivity contribution in [2.75, 3.05) is 77.2 Å². The Hall–Kier alpha value is -1.46. The lowest BCUT2D eigenvalue weighted by Crippen LogP contribution is -2.48. The van der Waals surface area contributed by atoms with E-state index in [4.69, 9.17) is 4.74 Å². The van der Waals surface area contributed by atoms with E-state index >= 15 is 0 Å². The molecule has 2 aliphatic heterocycles. The highest BCUT2D eigenvalue weighted by atomic mass is 16.5. The molecular weight excluding hydrogens is 300 g/mol. The first-order valence-electron chi connectivity index (χ1n) is 9.21. The number of benzene rings is 1. The first-order valence-corrected chi connectivity index (χ1v) is 9.21. The number of hydrogen-bond acceptors (Lipinski definition) is 5. The van der Waals surface area contributed by atoms with E-state index in [-0.39, 0.29) is 0 Å². The molecule has 0 unspecified atom stereocenters. The van der Waals surface area contributed by atoms with Crippen LogP contribution in [0.4, 0.5) is 11.4 Å². The normalized spacial score (nSPS) is 21.0. The van der Waals surface area contributed by atoms with Gasteiger partial charge < -0.3 is 19.9 Å². The van der Waals surface area contributed by atoms with E-state index in [0.717, 1.165) is 30.4 Å². The minimum Gasteiger partial charge on any atom is -0.495 e. The van der Waals surface area contributed by atoms with Gasteiger partial charge in [0.2, 0.25) is 0 Å². The molecule has 2 heterocycles. The number of anilines is 2. The molecule has 2 fully saturated rings. The number of rotatable bonds is 5. The largest absolute Gasteiger partial charge is 0.495 e. The van der Waals surface area contributed by atoms with Gasteiger partial charge in [0.1, 0.15) is 5.75 Å². The molecule has 2 aliphatic rings. The summed E-state index contributed by atoms with van der Waals surface area (Å²) in [7, 11) is 5.90. The third-order valence-electron chi connectivity index (χ3n) is 5.55. The zero-order valence-corrected chi connectivity index (χ0v) is 15.4. The number of piperazine rings is 1. The second kappa shape index (κ2) is 8.08. The number of likely N-dealkylation sites (tertiary alicyclic amines) is 1. The summed E-state index contributed by atoms with van der Waals surface area (Å²) in [6.07, 6.45) is 2.72. The number of piperidine rings is 1. The molecule has 0 amide bonds.